The van der Waals surface area contributed by atoms with Crippen LogP contribution in [0.1, 0.15) is 43.8 Å². The first-order valence-electron chi connectivity index (χ1n) is 10.5. The molecule has 11 heteroatoms. The number of nitrogens with zero attached hydrogens (tertiary/aromatic N) is 2. The van der Waals surface area contributed by atoms with E-state index < -0.39 is 30.0 Å². The Labute approximate surface area is 221 Å². The summed E-state index contributed by atoms with van der Waals surface area (Å²) in [6.45, 7) is -0.0102. The number of benzene rings is 3. The number of alkyl halides is 3. The molecule has 0 bridgehead atoms. The van der Waals surface area contributed by atoms with Gasteiger partial charge in [0.25, 0.3) is 17.4 Å². The van der Waals surface area contributed by atoms with Crippen molar-refractivity contribution in [1.29, 1.82) is 0 Å². The third kappa shape index (κ3) is 4.09. The summed E-state index contributed by atoms with van der Waals surface area (Å²) < 4.78 is 43.2. The fourth-order valence-electron chi connectivity index (χ4n) is 4.25. The molecule has 0 saturated carbocycles. The second-order valence-electron chi connectivity index (χ2n) is 8.34. The van der Waals surface area contributed by atoms with Crippen LogP contribution < -0.4 is 0 Å². The average molecular weight is 598 g/mol. The summed E-state index contributed by atoms with van der Waals surface area (Å²) in [6, 6.07) is 14.9. The average Bonchev–Trinajstić information content (AvgIpc) is 3.37. The van der Waals surface area contributed by atoms with E-state index >= 15 is 0 Å². The third-order valence-electron chi connectivity index (χ3n) is 6.11. The molecule has 0 aromatic heterocycles. The number of carbonyl (C=O) groups is 2. The van der Waals surface area contributed by atoms with Gasteiger partial charge < -0.3 is 4.84 Å². The van der Waals surface area contributed by atoms with Crippen molar-refractivity contribution in [3.8, 4) is 0 Å². The Hall–Kier alpha value is -2.88. The van der Waals surface area contributed by atoms with E-state index in [0.717, 1.165) is 17.0 Å². The minimum atomic E-state index is -4.81. The summed E-state index contributed by atoms with van der Waals surface area (Å²) in [5, 5.41) is 3.84. The minimum absolute atomic E-state index is 0.0102. The number of hydrogen-bond donors (Lipinski definition) is 0. The SMILES string of the molecule is O=C1c2ccccc2C(=O)N1Cc1ccc(C2=NOC(c3cc(Cl)cc(Cl)c3)(C(F)(F)F)C2)cc1Br. The molecule has 3 aromatic rings. The van der Waals surface area contributed by atoms with Crippen molar-refractivity contribution in [3.63, 3.8) is 0 Å². The van der Waals surface area contributed by atoms with Gasteiger partial charge in [-0.15, -0.1) is 0 Å². The molecular weight excluding hydrogens is 584 g/mol. The molecule has 2 amide bonds. The zero-order valence-electron chi connectivity index (χ0n) is 18.1. The second kappa shape index (κ2) is 8.90. The fourth-order valence-corrected chi connectivity index (χ4v) is 5.28. The van der Waals surface area contributed by atoms with Gasteiger partial charge in [-0.2, -0.15) is 13.2 Å². The van der Waals surface area contributed by atoms with Crippen LogP contribution in [0.25, 0.3) is 0 Å². The van der Waals surface area contributed by atoms with Crippen LogP contribution in [0.2, 0.25) is 10.0 Å². The van der Waals surface area contributed by atoms with Gasteiger partial charge in [-0.3, -0.25) is 14.5 Å². The predicted octanol–water partition coefficient (Wildman–Crippen LogP) is 7.13. The number of halogens is 6. The molecule has 0 radical (unpaired) electrons. The van der Waals surface area contributed by atoms with Crippen LogP contribution in [0.3, 0.4) is 0 Å². The summed E-state index contributed by atoms with van der Waals surface area (Å²) in [6.07, 6.45) is -5.41. The van der Waals surface area contributed by atoms with Gasteiger partial charge >= 0.3 is 6.18 Å². The summed E-state index contributed by atoms with van der Waals surface area (Å²) in [5.41, 5.74) is -1.30. The van der Waals surface area contributed by atoms with Gasteiger partial charge in [0.15, 0.2) is 0 Å². The van der Waals surface area contributed by atoms with Crippen molar-refractivity contribution in [3.05, 3.63) is 103 Å². The maximum Gasteiger partial charge on any atom is 0.435 e. The van der Waals surface area contributed by atoms with E-state index in [1.165, 1.54) is 6.07 Å². The highest BCUT2D eigenvalue weighted by molar-refractivity contribution is 9.10. The van der Waals surface area contributed by atoms with E-state index in [2.05, 4.69) is 21.1 Å². The van der Waals surface area contributed by atoms with Crippen molar-refractivity contribution in [2.24, 2.45) is 5.16 Å². The number of amides is 2. The van der Waals surface area contributed by atoms with E-state index in [4.69, 9.17) is 28.0 Å². The first-order chi connectivity index (χ1) is 17.0. The monoisotopic (exact) mass is 596 g/mol. The highest BCUT2D eigenvalue weighted by atomic mass is 79.9. The van der Waals surface area contributed by atoms with Crippen LogP contribution in [-0.2, 0) is 17.0 Å². The van der Waals surface area contributed by atoms with E-state index in [1.54, 1.807) is 42.5 Å². The number of fused-ring (bicyclic) bond motifs is 1. The molecule has 2 aliphatic rings. The Bertz CT molecular complexity index is 1410. The number of oxime groups is 1. The molecule has 3 aromatic carbocycles. The summed E-state index contributed by atoms with van der Waals surface area (Å²) in [7, 11) is 0. The lowest BCUT2D eigenvalue weighted by molar-refractivity contribution is -0.275. The lowest BCUT2D eigenvalue weighted by atomic mass is 9.86. The van der Waals surface area contributed by atoms with E-state index in [9.17, 15) is 22.8 Å². The molecule has 1 unspecified atom stereocenters. The van der Waals surface area contributed by atoms with Gasteiger partial charge in [0.2, 0.25) is 0 Å². The van der Waals surface area contributed by atoms with Gasteiger partial charge in [-0.25, -0.2) is 0 Å². The normalized spacial score (nSPS) is 19.4. The van der Waals surface area contributed by atoms with Gasteiger partial charge in [-0.1, -0.05) is 68.6 Å². The Morgan fingerprint density at radius 1 is 0.972 bits per heavy atom. The van der Waals surface area contributed by atoms with Crippen molar-refractivity contribution in [1.82, 2.24) is 4.90 Å². The van der Waals surface area contributed by atoms with Crippen molar-refractivity contribution >= 4 is 56.7 Å². The lowest BCUT2D eigenvalue weighted by Gasteiger charge is -2.29. The summed E-state index contributed by atoms with van der Waals surface area (Å²) >= 11 is 15.3. The highest BCUT2D eigenvalue weighted by Gasteiger charge is 2.62. The van der Waals surface area contributed by atoms with Crippen molar-refractivity contribution in [2.45, 2.75) is 24.7 Å². The van der Waals surface area contributed by atoms with E-state index in [-0.39, 0.29) is 27.9 Å². The molecule has 0 fully saturated rings. The molecule has 0 saturated heterocycles. The fraction of sp³-hybridized carbons (Fsp3) is 0.160. The van der Waals surface area contributed by atoms with Crippen molar-refractivity contribution in [2.75, 3.05) is 0 Å². The first-order valence-corrected chi connectivity index (χ1v) is 12.1. The van der Waals surface area contributed by atoms with Crippen LogP contribution in [0.15, 0.2) is 70.3 Å². The smallest absolute Gasteiger partial charge is 0.374 e. The standard InChI is InChI=1S/C25H14BrCl2F3N2O3/c26-20-7-13(5-6-14(20)12-33-22(34)18-3-1-2-4-19(18)23(33)35)21-11-24(36-32-21,25(29,30)31)15-8-16(27)10-17(28)9-15/h1-10H,11-12H2. The number of carbonyl (C=O) groups excluding carboxylic acids is 2. The topological polar surface area (TPSA) is 59.0 Å². The van der Waals surface area contributed by atoms with Gasteiger partial charge in [0, 0.05) is 32.1 Å². The Kier molecular flexibility index (Phi) is 6.13. The lowest BCUT2D eigenvalue weighted by Crippen LogP contribution is -2.42. The predicted molar refractivity (Wildman–Crippen MR) is 131 cm³/mol. The quantitative estimate of drug-likeness (QED) is 0.301. The van der Waals surface area contributed by atoms with Gasteiger partial charge in [0.1, 0.15) is 0 Å². The molecular formula is C25H14BrCl2F3N2O3. The number of rotatable bonds is 4. The zero-order valence-corrected chi connectivity index (χ0v) is 21.2. The van der Waals surface area contributed by atoms with Crippen LogP contribution in [-0.4, -0.2) is 28.6 Å². The maximum absolute atomic E-state index is 14.2. The van der Waals surface area contributed by atoms with Gasteiger partial charge in [-0.05, 0) is 42.0 Å². The molecule has 2 heterocycles. The molecule has 0 N–H and O–H groups in total. The highest BCUT2D eigenvalue weighted by Crippen LogP contribution is 2.49. The van der Waals surface area contributed by atoms with Crippen LogP contribution in [0, 0.1) is 0 Å². The number of hydrogen-bond acceptors (Lipinski definition) is 4. The van der Waals surface area contributed by atoms with Crippen LogP contribution in [0.5, 0.6) is 0 Å². The molecule has 0 aliphatic carbocycles. The van der Waals surface area contributed by atoms with E-state index in [0.29, 0.717) is 26.7 Å². The Morgan fingerprint density at radius 2 is 1.58 bits per heavy atom. The molecule has 1 atom stereocenters. The Balaban J connectivity index is 1.41. The van der Waals surface area contributed by atoms with Crippen molar-refractivity contribution < 1.29 is 27.6 Å². The third-order valence-corrected chi connectivity index (χ3v) is 7.28. The second-order valence-corrected chi connectivity index (χ2v) is 10.1. The Morgan fingerprint density at radius 3 is 2.14 bits per heavy atom. The van der Waals surface area contributed by atoms with E-state index in [1.807, 2.05) is 0 Å². The molecule has 184 valence electrons. The largest absolute Gasteiger partial charge is 0.435 e. The maximum atomic E-state index is 14.2. The minimum Gasteiger partial charge on any atom is -0.374 e. The van der Waals surface area contributed by atoms with Crippen LogP contribution in [0.4, 0.5) is 13.2 Å². The molecule has 0 spiro atoms. The molecule has 5 nitrogen and oxygen atoms in total. The first kappa shape index (κ1) is 24.8. The number of imide groups is 1. The van der Waals surface area contributed by atoms with Gasteiger partial charge in [0.05, 0.1) is 23.4 Å². The zero-order chi connectivity index (χ0) is 25.8. The molecule has 2 aliphatic heterocycles. The molecule has 36 heavy (non-hydrogen) atoms. The summed E-state index contributed by atoms with van der Waals surface area (Å²) in [5.74, 6) is -0.814. The summed E-state index contributed by atoms with van der Waals surface area (Å²) in [4.78, 5) is 31.5. The molecule has 5 rings (SSSR count). The van der Waals surface area contributed by atoms with Crippen LogP contribution >= 0.6 is 39.1 Å².